The predicted octanol–water partition coefficient (Wildman–Crippen LogP) is 4.03. The third kappa shape index (κ3) is 3.36. The molecule has 0 aliphatic heterocycles. The number of nitrogens with two attached hydrogens (primary N) is 1. The van der Waals surface area contributed by atoms with E-state index in [4.69, 9.17) is 15.5 Å². The van der Waals surface area contributed by atoms with Crippen molar-refractivity contribution in [2.45, 2.75) is 40.7 Å². The van der Waals surface area contributed by atoms with E-state index in [1.807, 2.05) is 35.8 Å². The molecule has 3 aromatic rings. The van der Waals surface area contributed by atoms with Crippen LogP contribution < -0.4 is 5.73 Å². The minimum absolute atomic E-state index is 0.302. The molecular weight excluding hydrogens is 328 g/mol. The Balaban J connectivity index is 2.15. The van der Waals surface area contributed by atoms with Gasteiger partial charge in [-0.2, -0.15) is 0 Å². The van der Waals surface area contributed by atoms with Gasteiger partial charge in [-0.15, -0.1) is 0 Å². The van der Waals surface area contributed by atoms with Crippen LogP contribution in [0.5, 0.6) is 0 Å². The number of benzene rings is 1. The van der Waals surface area contributed by atoms with E-state index in [0.29, 0.717) is 47.5 Å². The van der Waals surface area contributed by atoms with Crippen molar-refractivity contribution in [3.05, 3.63) is 29.8 Å². The molecule has 2 heterocycles. The standard InChI is InChI=1S/C20H26N4O2/c1-5-13(4)11-26-20(25)16-17-19(24(18(16)21)10-12(2)3)23-15-9-7-6-8-14(15)22-17/h6-9,12-13H,5,10-11,21H2,1-4H3/t13-/m0/s1. The second-order valence-corrected chi connectivity index (χ2v) is 7.26. The lowest BCUT2D eigenvalue weighted by molar-refractivity contribution is 0.0450. The number of fused-ring (bicyclic) bond motifs is 2. The van der Waals surface area contributed by atoms with E-state index in [1.165, 1.54) is 0 Å². The summed E-state index contributed by atoms with van der Waals surface area (Å²) in [5.74, 6) is 0.597. The Morgan fingerprint density at radius 3 is 2.46 bits per heavy atom. The van der Waals surface area contributed by atoms with E-state index in [1.54, 1.807) is 0 Å². The Labute approximate surface area is 153 Å². The summed E-state index contributed by atoms with van der Waals surface area (Å²) in [5.41, 5.74) is 9.32. The van der Waals surface area contributed by atoms with Gasteiger partial charge in [0, 0.05) is 6.54 Å². The summed E-state index contributed by atoms with van der Waals surface area (Å²) in [4.78, 5) is 22.1. The number of carbonyl (C=O) groups excluding carboxylic acids is 1. The zero-order chi connectivity index (χ0) is 18.8. The molecule has 0 saturated carbocycles. The van der Waals surface area contributed by atoms with E-state index >= 15 is 0 Å². The number of rotatable bonds is 6. The van der Waals surface area contributed by atoms with E-state index in [-0.39, 0.29) is 0 Å². The lowest BCUT2D eigenvalue weighted by atomic mass is 10.1. The highest BCUT2D eigenvalue weighted by Crippen LogP contribution is 2.29. The molecule has 0 bridgehead atoms. The second-order valence-electron chi connectivity index (χ2n) is 7.26. The molecule has 0 aliphatic carbocycles. The number of hydrogen-bond donors (Lipinski definition) is 1. The normalized spacial score (nSPS) is 12.8. The van der Waals surface area contributed by atoms with Crippen LogP contribution in [0.15, 0.2) is 24.3 Å². The highest BCUT2D eigenvalue weighted by molar-refractivity contribution is 6.08. The molecule has 3 rings (SSSR count). The smallest absolute Gasteiger partial charge is 0.344 e. The predicted molar refractivity (Wildman–Crippen MR) is 104 cm³/mol. The van der Waals surface area contributed by atoms with Gasteiger partial charge in [0.25, 0.3) is 0 Å². The van der Waals surface area contributed by atoms with E-state index < -0.39 is 5.97 Å². The number of nitrogens with zero attached hydrogens (tertiary/aromatic N) is 3. The van der Waals surface area contributed by atoms with Crippen LogP contribution in [-0.4, -0.2) is 27.1 Å². The van der Waals surface area contributed by atoms with Crippen molar-refractivity contribution in [3.8, 4) is 0 Å². The molecule has 0 spiro atoms. The Morgan fingerprint density at radius 1 is 1.19 bits per heavy atom. The van der Waals surface area contributed by atoms with Gasteiger partial charge in [-0.1, -0.05) is 46.2 Å². The van der Waals surface area contributed by atoms with Crippen molar-refractivity contribution in [2.75, 3.05) is 12.3 Å². The number of para-hydroxylation sites is 2. The van der Waals surface area contributed by atoms with Crippen molar-refractivity contribution in [1.29, 1.82) is 0 Å². The van der Waals surface area contributed by atoms with Gasteiger partial charge in [0.1, 0.15) is 16.9 Å². The summed E-state index contributed by atoms with van der Waals surface area (Å²) >= 11 is 0. The van der Waals surface area contributed by atoms with Gasteiger partial charge in [0.05, 0.1) is 17.6 Å². The van der Waals surface area contributed by atoms with Crippen LogP contribution in [0.2, 0.25) is 0 Å². The summed E-state index contributed by atoms with van der Waals surface area (Å²) in [7, 11) is 0. The number of carbonyl (C=O) groups is 1. The van der Waals surface area contributed by atoms with E-state index in [0.717, 1.165) is 17.5 Å². The van der Waals surface area contributed by atoms with Gasteiger partial charge in [-0.05, 0) is 24.0 Å². The molecule has 0 aliphatic rings. The van der Waals surface area contributed by atoms with Crippen LogP contribution in [-0.2, 0) is 11.3 Å². The van der Waals surface area contributed by atoms with Crippen molar-refractivity contribution in [1.82, 2.24) is 14.5 Å². The molecule has 6 nitrogen and oxygen atoms in total. The van der Waals surface area contributed by atoms with Gasteiger partial charge in [-0.3, -0.25) is 0 Å². The molecule has 26 heavy (non-hydrogen) atoms. The highest BCUT2D eigenvalue weighted by atomic mass is 16.5. The molecule has 0 fully saturated rings. The summed E-state index contributed by atoms with van der Waals surface area (Å²) < 4.78 is 7.37. The van der Waals surface area contributed by atoms with Gasteiger partial charge in [0.15, 0.2) is 5.65 Å². The van der Waals surface area contributed by atoms with Crippen molar-refractivity contribution < 1.29 is 9.53 Å². The number of aromatic nitrogens is 3. The van der Waals surface area contributed by atoms with Crippen LogP contribution in [0.25, 0.3) is 22.2 Å². The minimum Gasteiger partial charge on any atom is -0.462 e. The van der Waals surface area contributed by atoms with Crippen LogP contribution in [0.1, 0.15) is 44.5 Å². The summed E-state index contributed by atoms with van der Waals surface area (Å²) in [5, 5.41) is 0. The first-order valence-electron chi connectivity index (χ1n) is 9.13. The Bertz CT molecular complexity index is 946. The third-order valence-electron chi connectivity index (χ3n) is 4.54. The summed E-state index contributed by atoms with van der Waals surface area (Å²) in [6.07, 6.45) is 0.947. The van der Waals surface area contributed by atoms with Gasteiger partial charge < -0.3 is 15.0 Å². The fraction of sp³-hybridized carbons (Fsp3) is 0.450. The molecule has 6 heteroatoms. The number of esters is 1. The maximum Gasteiger partial charge on any atom is 0.344 e. The average Bonchev–Trinajstić information content (AvgIpc) is 2.88. The first-order chi connectivity index (χ1) is 12.4. The first kappa shape index (κ1) is 18.2. The molecular formula is C20H26N4O2. The molecule has 0 amide bonds. The first-order valence-corrected chi connectivity index (χ1v) is 9.13. The number of nitrogen functional groups attached to an aromatic ring is 1. The molecule has 2 aromatic heterocycles. The lowest BCUT2D eigenvalue weighted by Gasteiger charge is -2.11. The SMILES string of the molecule is CC[C@H](C)COC(=O)c1c(N)n(CC(C)C)c2nc3ccccc3nc12. The Kier molecular flexibility index (Phi) is 5.11. The number of hydrogen-bond acceptors (Lipinski definition) is 5. The zero-order valence-corrected chi connectivity index (χ0v) is 15.8. The molecule has 0 radical (unpaired) electrons. The summed E-state index contributed by atoms with van der Waals surface area (Å²) in [6.45, 7) is 9.34. The fourth-order valence-corrected chi connectivity index (χ4v) is 2.88. The molecule has 1 atom stereocenters. The van der Waals surface area contributed by atoms with Gasteiger partial charge >= 0.3 is 5.97 Å². The van der Waals surface area contributed by atoms with Crippen molar-refractivity contribution in [2.24, 2.45) is 11.8 Å². The van der Waals surface area contributed by atoms with E-state index in [9.17, 15) is 4.79 Å². The number of ether oxygens (including phenoxy) is 1. The molecule has 138 valence electrons. The Morgan fingerprint density at radius 2 is 1.85 bits per heavy atom. The van der Waals surface area contributed by atoms with Crippen LogP contribution in [0.4, 0.5) is 5.82 Å². The number of anilines is 1. The quantitative estimate of drug-likeness (QED) is 0.676. The zero-order valence-electron chi connectivity index (χ0n) is 15.8. The lowest BCUT2D eigenvalue weighted by Crippen LogP contribution is -2.14. The Hall–Kier alpha value is -2.63. The van der Waals surface area contributed by atoms with Crippen molar-refractivity contribution in [3.63, 3.8) is 0 Å². The maximum atomic E-state index is 12.8. The van der Waals surface area contributed by atoms with Gasteiger partial charge in [0.2, 0.25) is 0 Å². The van der Waals surface area contributed by atoms with E-state index in [2.05, 4.69) is 25.8 Å². The molecule has 0 saturated heterocycles. The minimum atomic E-state index is -0.431. The fourth-order valence-electron chi connectivity index (χ4n) is 2.88. The van der Waals surface area contributed by atoms with Crippen LogP contribution in [0, 0.1) is 11.8 Å². The average molecular weight is 354 g/mol. The monoisotopic (exact) mass is 354 g/mol. The van der Waals surface area contributed by atoms with Gasteiger partial charge in [-0.25, -0.2) is 14.8 Å². The second kappa shape index (κ2) is 7.32. The third-order valence-corrected chi connectivity index (χ3v) is 4.54. The molecule has 1 aromatic carbocycles. The van der Waals surface area contributed by atoms with Crippen LogP contribution in [0.3, 0.4) is 0 Å². The maximum absolute atomic E-state index is 12.8. The largest absolute Gasteiger partial charge is 0.462 e. The molecule has 2 N–H and O–H groups in total. The van der Waals surface area contributed by atoms with Crippen LogP contribution >= 0.6 is 0 Å². The molecule has 0 unspecified atom stereocenters. The van der Waals surface area contributed by atoms with Crippen molar-refractivity contribution >= 4 is 34.0 Å². The topological polar surface area (TPSA) is 83.0 Å². The summed E-state index contributed by atoms with van der Waals surface area (Å²) in [6, 6.07) is 7.61. The highest BCUT2D eigenvalue weighted by Gasteiger charge is 2.25.